The van der Waals surface area contributed by atoms with Gasteiger partial charge in [0.2, 0.25) is 0 Å². The molecule has 0 aliphatic carbocycles. The van der Waals surface area contributed by atoms with Crippen LogP contribution in [0.2, 0.25) is 0 Å². The molecule has 84 valence electrons. The van der Waals surface area contributed by atoms with Crippen LogP contribution in [0.15, 0.2) is 0 Å². The summed E-state index contributed by atoms with van der Waals surface area (Å²) in [7, 11) is 0. The molecule has 4 heteroatoms. The molecule has 0 bridgehead atoms. The second-order valence-corrected chi connectivity index (χ2v) is 3.75. The molecule has 0 saturated carbocycles. The van der Waals surface area contributed by atoms with Crippen LogP contribution in [0.5, 0.6) is 0 Å². The highest BCUT2D eigenvalue weighted by atomic mass is 35.5. The molecule has 0 saturated heterocycles. The van der Waals surface area contributed by atoms with E-state index in [1.54, 1.807) is 13.8 Å². The molecule has 0 aliphatic heterocycles. The van der Waals surface area contributed by atoms with Crippen molar-refractivity contribution >= 4 is 17.8 Å². The second kappa shape index (κ2) is 9.13. The predicted molar refractivity (Wildman–Crippen MR) is 56.8 cm³/mol. The quantitative estimate of drug-likeness (QED) is 0.377. The van der Waals surface area contributed by atoms with Crippen LogP contribution in [0.25, 0.3) is 0 Å². The maximum Gasteiger partial charge on any atom is 0.508 e. The number of hydrogen-bond donors (Lipinski definition) is 0. The second-order valence-electron chi connectivity index (χ2n) is 3.37. The van der Waals surface area contributed by atoms with Gasteiger partial charge in [0, 0.05) is 5.88 Å². The fourth-order valence-corrected chi connectivity index (χ4v) is 1.12. The summed E-state index contributed by atoms with van der Waals surface area (Å²) in [4.78, 5) is 10.9. The molecule has 0 atom stereocenters. The summed E-state index contributed by atoms with van der Waals surface area (Å²) >= 11 is 5.52. The number of carbonyl (C=O) groups is 1. The van der Waals surface area contributed by atoms with Crippen molar-refractivity contribution in [1.82, 2.24) is 0 Å². The molecule has 0 amide bonds. The smallest absolute Gasteiger partial charge is 0.434 e. The maximum absolute atomic E-state index is 10.9. The lowest BCUT2D eigenvalue weighted by molar-refractivity contribution is 0.0337. The van der Waals surface area contributed by atoms with Crippen molar-refractivity contribution in [2.75, 3.05) is 12.5 Å². The molecule has 0 spiro atoms. The number of carbonyl (C=O) groups excluding carboxylic acids is 1. The van der Waals surface area contributed by atoms with Gasteiger partial charge in [-0.15, -0.1) is 11.6 Å². The van der Waals surface area contributed by atoms with E-state index in [1.165, 1.54) is 0 Å². The van der Waals surface area contributed by atoms with Crippen molar-refractivity contribution in [1.29, 1.82) is 0 Å². The Labute approximate surface area is 90.7 Å². The third-order valence-electron chi connectivity index (χ3n) is 1.58. The molecule has 0 fully saturated rings. The van der Waals surface area contributed by atoms with Gasteiger partial charge in [0.05, 0.1) is 12.7 Å². The van der Waals surface area contributed by atoms with E-state index in [2.05, 4.69) is 0 Å². The molecular formula is C10H19ClO3. The van der Waals surface area contributed by atoms with E-state index in [0.29, 0.717) is 12.5 Å². The first-order chi connectivity index (χ1) is 6.66. The number of unbranched alkanes of at least 4 members (excludes halogenated alkanes) is 3. The van der Waals surface area contributed by atoms with Gasteiger partial charge >= 0.3 is 6.16 Å². The Morgan fingerprint density at radius 1 is 1.21 bits per heavy atom. The molecular weight excluding hydrogens is 204 g/mol. The molecule has 0 aromatic heterocycles. The Bertz CT molecular complexity index is 148. The fraction of sp³-hybridized carbons (Fsp3) is 0.900. The predicted octanol–water partition coefficient (Wildman–Crippen LogP) is 3.35. The van der Waals surface area contributed by atoms with Crippen molar-refractivity contribution in [3.8, 4) is 0 Å². The average molecular weight is 223 g/mol. The highest BCUT2D eigenvalue weighted by molar-refractivity contribution is 6.17. The van der Waals surface area contributed by atoms with Gasteiger partial charge in [-0.25, -0.2) is 4.79 Å². The number of halogens is 1. The van der Waals surface area contributed by atoms with E-state index in [0.717, 1.165) is 25.7 Å². The highest BCUT2D eigenvalue weighted by Crippen LogP contribution is 2.02. The highest BCUT2D eigenvalue weighted by Gasteiger charge is 2.05. The zero-order valence-electron chi connectivity index (χ0n) is 8.92. The topological polar surface area (TPSA) is 35.5 Å². The van der Waals surface area contributed by atoms with Crippen LogP contribution >= 0.6 is 11.6 Å². The van der Waals surface area contributed by atoms with Crippen LogP contribution in [-0.4, -0.2) is 24.7 Å². The van der Waals surface area contributed by atoms with Crippen molar-refractivity contribution in [2.24, 2.45) is 0 Å². The van der Waals surface area contributed by atoms with E-state index in [4.69, 9.17) is 21.1 Å². The fourth-order valence-electron chi connectivity index (χ4n) is 0.932. The third kappa shape index (κ3) is 9.65. The molecule has 0 aromatic rings. The van der Waals surface area contributed by atoms with E-state index in [1.807, 2.05) is 0 Å². The standard InChI is InChI=1S/C10H19ClO3/c1-9(2)14-10(12)13-8-6-4-3-5-7-11/h9H,3-8H2,1-2H3. The largest absolute Gasteiger partial charge is 0.508 e. The lowest BCUT2D eigenvalue weighted by atomic mass is 10.2. The normalized spacial score (nSPS) is 10.3. The summed E-state index contributed by atoms with van der Waals surface area (Å²) in [5.74, 6) is 0.705. The van der Waals surface area contributed by atoms with Gasteiger partial charge in [0.25, 0.3) is 0 Å². The van der Waals surface area contributed by atoms with Crippen LogP contribution in [0.4, 0.5) is 4.79 Å². The van der Waals surface area contributed by atoms with Crippen molar-refractivity contribution in [2.45, 2.75) is 45.6 Å². The summed E-state index contributed by atoms with van der Waals surface area (Å²) in [6.45, 7) is 4.03. The zero-order valence-corrected chi connectivity index (χ0v) is 9.68. The van der Waals surface area contributed by atoms with E-state index >= 15 is 0 Å². The van der Waals surface area contributed by atoms with Gasteiger partial charge in [-0.3, -0.25) is 0 Å². The SMILES string of the molecule is CC(C)OC(=O)OCCCCCCCl. The molecule has 14 heavy (non-hydrogen) atoms. The van der Waals surface area contributed by atoms with Gasteiger partial charge < -0.3 is 9.47 Å². The van der Waals surface area contributed by atoms with Gasteiger partial charge in [0.15, 0.2) is 0 Å². The van der Waals surface area contributed by atoms with Crippen LogP contribution in [0.3, 0.4) is 0 Å². The van der Waals surface area contributed by atoms with Crippen LogP contribution in [0, 0.1) is 0 Å². The molecule has 0 rings (SSSR count). The minimum Gasteiger partial charge on any atom is -0.434 e. The lowest BCUT2D eigenvalue weighted by Crippen LogP contribution is -2.13. The summed E-state index contributed by atoms with van der Waals surface area (Å²) < 4.78 is 9.63. The minimum absolute atomic E-state index is 0.112. The summed E-state index contributed by atoms with van der Waals surface area (Å²) in [5.41, 5.74) is 0. The first-order valence-electron chi connectivity index (χ1n) is 5.06. The number of rotatable bonds is 7. The molecule has 0 unspecified atom stereocenters. The van der Waals surface area contributed by atoms with Crippen LogP contribution in [0.1, 0.15) is 39.5 Å². The molecule has 0 heterocycles. The Kier molecular flexibility index (Phi) is 8.84. The summed E-state index contributed by atoms with van der Waals surface area (Å²) in [6, 6.07) is 0. The number of alkyl halides is 1. The molecule has 3 nitrogen and oxygen atoms in total. The van der Waals surface area contributed by atoms with Crippen LogP contribution < -0.4 is 0 Å². The van der Waals surface area contributed by atoms with Crippen molar-refractivity contribution < 1.29 is 14.3 Å². The Balaban J connectivity index is 3.15. The maximum atomic E-state index is 10.9. The summed E-state index contributed by atoms with van der Waals surface area (Å²) in [5, 5.41) is 0. The Morgan fingerprint density at radius 3 is 2.43 bits per heavy atom. The summed E-state index contributed by atoms with van der Waals surface area (Å²) in [6.07, 6.45) is 3.35. The van der Waals surface area contributed by atoms with Gasteiger partial charge in [-0.1, -0.05) is 12.8 Å². The minimum atomic E-state index is -0.572. The molecule has 0 aromatic carbocycles. The molecule has 0 N–H and O–H groups in total. The monoisotopic (exact) mass is 222 g/mol. The molecule has 0 radical (unpaired) electrons. The van der Waals surface area contributed by atoms with Gasteiger partial charge in [-0.2, -0.15) is 0 Å². The number of hydrogen-bond acceptors (Lipinski definition) is 3. The van der Waals surface area contributed by atoms with Crippen molar-refractivity contribution in [3.05, 3.63) is 0 Å². The lowest BCUT2D eigenvalue weighted by Gasteiger charge is -2.08. The van der Waals surface area contributed by atoms with Crippen LogP contribution in [-0.2, 0) is 9.47 Å². The first kappa shape index (κ1) is 13.6. The van der Waals surface area contributed by atoms with E-state index < -0.39 is 6.16 Å². The number of ether oxygens (including phenoxy) is 2. The van der Waals surface area contributed by atoms with E-state index in [-0.39, 0.29) is 6.10 Å². The molecule has 0 aliphatic rings. The van der Waals surface area contributed by atoms with E-state index in [9.17, 15) is 4.79 Å². The van der Waals surface area contributed by atoms with Gasteiger partial charge in [-0.05, 0) is 26.7 Å². The Hall–Kier alpha value is -0.440. The average Bonchev–Trinajstić information content (AvgIpc) is 2.10. The van der Waals surface area contributed by atoms with Crippen molar-refractivity contribution in [3.63, 3.8) is 0 Å². The first-order valence-corrected chi connectivity index (χ1v) is 5.59. The van der Waals surface area contributed by atoms with Gasteiger partial charge in [0.1, 0.15) is 0 Å². The third-order valence-corrected chi connectivity index (χ3v) is 1.85. The zero-order chi connectivity index (χ0) is 10.8. The Morgan fingerprint density at radius 2 is 1.86 bits per heavy atom.